The van der Waals surface area contributed by atoms with Crippen molar-refractivity contribution in [1.29, 1.82) is 0 Å². The van der Waals surface area contributed by atoms with Crippen molar-refractivity contribution in [1.82, 2.24) is 4.57 Å². The van der Waals surface area contributed by atoms with Gasteiger partial charge in [-0.05, 0) is 46.2 Å². The third-order valence-corrected chi connectivity index (χ3v) is 5.02. The molecule has 0 fully saturated rings. The van der Waals surface area contributed by atoms with Crippen LogP contribution < -0.4 is 9.47 Å². The molecule has 0 N–H and O–H groups in total. The third kappa shape index (κ3) is 4.19. The lowest BCUT2D eigenvalue weighted by atomic mass is 10.0. The van der Waals surface area contributed by atoms with Gasteiger partial charge in [0, 0.05) is 49.2 Å². The molecule has 0 saturated carbocycles. The Morgan fingerprint density at radius 3 is 2.81 bits per heavy atom. The number of carbonyl (C=O) groups excluding carboxylic acids is 1. The molecule has 2 aromatic rings. The summed E-state index contributed by atoms with van der Waals surface area (Å²) >= 11 is 0. The van der Waals surface area contributed by atoms with Crippen molar-refractivity contribution in [3.63, 3.8) is 0 Å². The van der Waals surface area contributed by atoms with Gasteiger partial charge in [0.2, 0.25) is 5.78 Å². The molecule has 0 aliphatic carbocycles. The lowest BCUT2D eigenvalue weighted by Crippen LogP contribution is -2.24. The smallest absolute Gasteiger partial charge is 0.202 e. The highest BCUT2D eigenvalue weighted by molar-refractivity contribution is 5.98. The first-order valence-corrected chi connectivity index (χ1v) is 9.45. The van der Waals surface area contributed by atoms with Crippen LogP contribution in [-0.2, 0) is 17.7 Å². The number of hydrogen-bond acceptors (Lipinski definition) is 4. The van der Waals surface area contributed by atoms with E-state index in [0.29, 0.717) is 12.4 Å². The normalized spacial score (nSPS) is 14.7. The number of carbonyl (C=O) groups is 1. The number of benzene rings is 1. The Morgan fingerprint density at radius 1 is 1.30 bits per heavy atom. The molecule has 27 heavy (non-hydrogen) atoms. The minimum Gasteiger partial charge on any atom is -0.483 e. The number of hydrogen-bond donors (Lipinski definition) is 0. The van der Waals surface area contributed by atoms with Crippen molar-refractivity contribution in [3.05, 3.63) is 46.8 Å². The highest BCUT2D eigenvalue weighted by Crippen LogP contribution is 2.41. The molecule has 1 aliphatic rings. The standard InChI is InChI=1S/C22H29NO4/c1-15-12-18(16(2)23(15)10-7-11-25-5)19(24)14-26-20-9-6-8-17-13-22(3,4)27-21(17)20/h6,8-9,12H,7,10-11,13-14H2,1-5H3. The second-order valence-corrected chi connectivity index (χ2v) is 7.78. The first kappa shape index (κ1) is 19.5. The summed E-state index contributed by atoms with van der Waals surface area (Å²) in [4.78, 5) is 12.8. The van der Waals surface area contributed by atoms with Crippen molar-refractivity contribution < 1.29 is 19.0 Å². The number of fused-ring (bicyclic) bond motifs is 1. The molecule has 3 rings (SSSR count). The second kappa shape index (κ2) is 7.77. The highest BCUT2D eigenvalue weighted by atomic mass is 16.5. The number of para-hydroxylation sites is 1. The Balaban J connectivity index is 1.69. The number of Topliss-reactive ketones (excluding diaryl/α,β-unsaturated/α-hetero) is 1. The number of ether oxygens (including phenoxy) is 3. The predicted molar refractivity (Wildman–Crippen MR) is 105 cm³/mol. The van der Waals surface area contributed by atoms with Gasteiger partial charge in [0.1, 0.15) is 5.60 Å². The minimum absolute atomic E-state index is 0.00259. The predicted octanol–water partition coefficient (Wildman–Crippen LogP) is 4.12. The van der Waals surface area contributed by atoms with Crippen molar-refractivity contribution in [2.24, 2.45) is 0 Å². The zero-order valence-electron chi connectivity index (χ0n) is 16.9. The van der Waals surface area contributed by atoms with Crippen LogP contribution in [0.2, 0.25) is 0 Å². The van der Waals surface area contributed by atoms with E-state index >= 15 is 0 Å². The molecule has 1 aliphatic heterocycles. The van der Waals surface area contributed by atoms with Crippen LogP contribution in [0.15, 0.2) is 24.3 Å². The molecule has 0 spiro atoms. The van der Waals surface area contributed by atoms with E-state index in [1.165, 1.54) is 0 Å². The average molecular weight is 371 g/mol. The van der Waals surface area contributed by atoms with E-state index in [1.807, 2.05) is 38.1 Å². The average Bonchev–Trinajstić information content (AvgIpc) is 3.08. The summed E-state index contributed by atoms with van der Waals surface area (Å²) in [7, 11) is 1.70. The molecule has 2 heterocycles. The third-order valence-electron chi connectivity index (χ3n) is 5.02. The molecule has 0 radical (unpaired) electrons. The summed E-state index contributed by atoms with van der Waals surface area (Å²) in [5, 5.41) is 0. The van der Waals surface area contributed by atoms with Crippen LogP contribution >= 0.6 is 0 Å². The second-order valence-electron chi connectivity index (χ2n) is 7.78. The lowest BCUT2D eigenvalue weighted by Gasteiger charge is -2.18. The molecular weight excluding hydrogens is 342 g/mol. The fourth-order valence-electron chi connectivity index (χ4n) is 3.72. The van der Waals surface area contributed by atoms with E-state index in [4.69, 9.17) is 14.2 Å². The summed E-state index contributed by atoms with van der Waals surface area (Å²) in [5.41, 5.74) is 3.67. The van der Waals surface area contributed by atoms with Gasteiger partial charge >= 0.3 is 0 Å². The molecular formula is C22H29NO4. The molecule has 1 aromatic carbocycles. The first-order chi connectivity index (χ1) is 12.8. The van der Waals surface area contributed by atoms with Crippen molar-refractivity contribution >= 4 is 5.78 Å². The van der Waals surface area contributed by atoms with Gasteiger partial charge < -0.3 is 18.8 Å². The lowest BCUT2D eigenvalue weighted by molar-refractivity contribution is 0.0911. The maximum atomic E-state index is 12.8. The quantitative estimate of drug-likeness (QED) is 0.517. The van der Waals surface area contributed by atoms with E-state index < -0.39 is 0 Å². The van der Waals surface area contributed by atoms with Crippen LogP contribution in [0.25, 0.3) is 0 Å². The van der Waals surface area contributed by atoms with Gasteiger partial charge in [0.05, 0.1) is 0 Å². The highest BCUT2D eigenvalue weighted by Gasteiger charge is 2.32. The van der Waals surface area contributed by atoms with Crippen LogP contribution in [0, 0.1) is 13.8 Å². The molecule has 0 unspecified atom stereocenters. The first-order valence-electron chi connectivity index (χ1n) is 9.45. The van der Waals surface area contributed by atoms with Crippen LogP contribution in [0.1, 0.15) is 47.6 Å². The van der Waals surface area contributed by atoms with Crippen LogP contribution in [-0.4, -0.2) is 36.3 Å². The fourth-order valence-corrected chi connectivity index (χ4v) is 3.72. The van der Waals surface area contributed by atoms with Gasteiger partial charge in [-0.3, -0.25) is 4.79 Å². The molecule has 146 valence electrons. The number of methoxy groups -OCH3 is 1. The molecule has 0 bridgehead atoms. The molecule has 1 aromatic heterocycles. The summed E-state index contributed by atoms with van der Waals surface area (Å²) in [5.74, 6) is 1.39. The molecule has 5 nitrogen and oxygen atoms in total. The Bertz CT molecular complexity index is 835. The van der Waals surface area contributed by atoms with Crippen LogP contribution in [0.5, 0.6) is 11.5 Å². The number of nitrogens with zero attached hydrogens (tertiary/aromatic N) is 1. The summed E-state index contributed by atoms with van der Waals surface area (Å²) in [6, 6.07) is 7.81. The monoisotopic (exact) mass is 371 g/mol. The Kier molecular flexibility index (Phi) is 5.61. The van der Waals surface area contributed by atoms with E-state index in [0.717, 1.165) is 47.7 Å². The van der Waals surface area contributed by atoms with E-state index in [2.05, 4.69) is 18.4 Å². The van der Waals surface area contributed by atoms with Gasteiger partial charge in [-0.2, -0.15) is 0 Å². The molecule has 0 atom stereocenters. The van der Waals surface area contributed by atoms with E-state index in [-0.39, 0.29) is 18.0 Å². The molecule has 0 amide bonds. The Morgan fingerprint density at radius 2 is 2.07 bits per heavy atom. The van der Waals surface area contributed by atoms with Crippen molar-refractivity contribution in [2.45, 2.75) is 52.7 Å². The maximum absolute atomic E-state index is 12.8. The van der Waals surface area contributed by atoms with Gasteiger partial charge in [-0.15, -0.1) is 0 Å². The SMILES string of the molecule is COCCCn1c(C)cc(C(=O)COc2cccc3c2OC(C)(C)C3)c1C. The van der Waals surface area contributed by atoms with Gasteiger partial charge in [-0.1, -0.05) is 12.1 Å². The molecule has 5 heteroatoms. The largest absolute Gasteiger partial charge is 0.483 e. The molecule has 0 saturated heterocycles. The van der Waals surface area contributed by atoms with E-state index in [1.54, 1.807) is 7.11 Å². The van der Waals surface area contributed by atoms with Crippen molar-refractivity contribution in [2.75, 3.05) is 20.3 Å². The number of aryl methyl sites for hydroxylation is 1. The van der Waals surface area contributed by atoms with Crippen molar-refractivity contribution in [3.8, 4) is 11.5 Å². The topological polar surface area (TPSA) is 49.7 Å². The summed E-state index contributed by atoms with van der Waals surface area (Å²) in [6.07, 6.45) is 1.76. The van der Waals surface area contributed by atoms with Gasteiger partial charge in [0.15, 0.2) is 18.1 Å². The Hall–Kier alpha value is -2.27. The maximum Gasteiger partial charge on any atom is 0.202 e. The van der Waals surface area contributed by atoms with Crippen LogP contribution in [0.4, 0.5) is 0 Å². The van der Waals surface area contributed by atoms with Gasteiger partial charge in [0.25, 0.3) is 0 Å². The fraction of sp³-hybridized carbons (Fsp3) is 0.500. The number of rotatable bonds is 8. The minimum atomic E-state index is -0.237. The van der Waals surface area contributed by atoms with E-state index in [9.17, 15) is 4.79 Å². The summed E-state index contributed by atoms with van der Waals surface area (Å²) < 4.78 is 19.2. The zero-order valence-corrected chi connectivity index (χ0v) is 16.9. The number of aromatic nitrogens is 1. The van der Waals surface area contributed by atoms with Crippen LogP contribution in [0.3, 0.4) is 0 Å². The summed E-state index contributed by atoms with van der Waals surface area (Å²) in [6.45, 7) is 9.67. The Labute approximate surface area is 161 Å². The van der Waals surface area contributed by atoms with Gasteiger partial charge in [-0.25, -0.2) is 0 Å². The number of ketones is 1. The zero-order chi connectivity index (χ0) is 19.6.